The lowest BCUT2D eigenvalue weighted by atomic mass is 9.96. The van der Waals surface area contributed by atoms with Crippen LogP contribution in [-0.2, 0) is 0 Å². The van der Waals surface area contributed by atoms with Crippen LogP contribution in [0.2, 0.25) is 0 Å². The summed E-state index contributed by atoms with van der Waals surface area (Å²) < 4.78 is 0. The van der Waals surface area contributed by atoms with E-state index in [2.05, 4.69) is 20.9 Å². The number of pyridine rings is 1. The number of guanidine groups is 1. The van der Waals surface area contributed by atoms with Crippen molar-refractivity contribution in [3.8, 4) is 0 Å². The zero-order chi connectivity index (χ0) is 14.5. The van der Waals surface area contributed by atoms with Crippen molar-refractivity contribution in [3.05, 3.63) is 24.4 Å². The van der Waals surface area contributed by atoms with Crippen LogP contribution in [0, 0.1) is 0 Å². The quantitative estimate of drug-likeness (QED) is 0.666. The minimum absolute atomic E-state index is 0.451. The lowest BCUT2D eigenvalue weighted by Crippen LogP contribution is -2.51. The Labute approximate surface area is 126 Å². The van der Waals surface area contributed by atoms with Crippen molar-refractivity contribution in [1.29, 1.82) is 0 Å². The van der Waals surface area contributed by atoms with Crippen molar-refractivity contribution in [3.63, 3.8) is 0 Å². The topological polar surface area (TPSA) is 57.8 Å². The Bertz CT molecular complexity index is 459. The number of hydrogen-bond donors (Lipinski definition) is 1. The Hall–Kier alpha value is -1.78. The van der Waals surface area contributed by atoms with E-state index in [0.29, 0.717) is 6.04 Å². The third-order valence-corrected chi connectivity index (χ3v) is 4.47. The molecule has 1 saturated heterocycles. The third kappa shape index (κ3) is 3.65. The molecule has 5 nitrogen and oxygen atoms in total. The summed E-state index contributed by atoms with van der Waals surface area (Å²) in [6.07, 6.45) is 8.21. The first-order valence-corrected chi connectivity index (χ1v) is 8.07. The van der Waals surface area contributed by atoms with Gasteiger partial charge in [0.15, 0.2) is 5.96 Å². The molecule has 1 aromatic heterocycles. The number of nitrogens with zero attached hydrogens (tertiary/aromatic N) is 4. The monoisotopic (exact) mass is 287 g/mol. The molecule has 0 atom stereocenters. The van der Waals surface area contributed by atoms with Gasteiger partial charge in [0.2, 0.25) is 0 Å². The fourth-order valence-electron chi connectivity index (χ4n) is 3.18. The van der Waals surface area contributed by atoms with E-state index in [1.165, 1.54) is 32.1 Å². The normalized spacial score (nSPS) is 21.6. The van der Waals surface area contributed by atoms with Crippen LogP contribution >= 0.6 is 0 Å². The maximum Gasteiger partial charge on any atom is 0.191 e. The average molecular weight is 287 g/mol. The number of aromatic nitrogens is 1. The van der Waals surface area contributed by atoms with Crippen LogP contribution in [0.4, 0.5) is 5.82 Å². The molecule has 2 heterocycles. The van der Waals surface area contributed by atoms with Crippen molar-refractivity contribution in [2.75, 3.05) is 31.1 Å². The largest absolute Gasteiger partial charge is 0.370 e. The second kappa shape index (κ2) is 6.78. The SMILES string of the molecule is NC(=NC1CCCCC1)N1CCN(c2ccccn2)CC1. The molecule has 0 amide bonds. The number of aliphatic imine (C=N–C) groups is 1. The molecular weight excluding hydrogens is 262 g/mol. The van der Waals surface area contributed by atoms with Crippen molar-refractivity contribution >= 4 is 11.8 Å². The number of piperazine rings is 1. The summed E-state index contributed by atoms with van der Waals surface area (Å²) in [5, 5.41) is 0. The summed E-state index contributed by atoms with van der Waals surface area (Å²) in [4.78, 5) is 13.7. The predicted molar refractivity (Wildman–Crippen MR) is 86.5 cm³/mol. The van der Waals surface area contributed by atoms with E-state index in [9.17, 15) is 0 Å². The highest BCUT2D eigenvalue weighted by molar-refractivity contribution is 5.78. The van der Waals surface area contributed by atoms with Gasteiger partial charge in [0.25, 0.3) is 0 Å². The van der Waals surface area contributed by atoms with Crippen LogP contribution < -0.4 is 10.6 Å². The van der Waals surface area contributed by atoms with E-state index in [4.69, 9.17) is 10.7 Å². The van der Waals surface area contributed by atoms with Gasteiger partial charge in [-0.25, -0.2) is 9.98 Å². The molecule has 2 aliphatic rings. The number of anilines is 1. The van der Waals surface area contributed by atoms with Gasteiger partial charge >= 0.3 is 0 Å². The highest BCUT2D eigenvalue weighted by Crippen LogP contribution is 2.20. The molecule has 5 heteroatoms. The molecule has 1 aromatic rings. The van der Waals surface area contributed by atoms with Crippen LogP contribution in [0.15, 0.2) is 29.4 Å². The lowest BCUT2D eigenvalue weighted by Gasteiger charge is -2.36. The van der Waals surface area contributed by atoms with Crippen LogP contribution in [0.3, 0.4) is 0 Å². The molecule has 1 aliphatic carbocycles. The highest BCUT2D eigenvalue weighted by atomic mass is 15.3. The first kappa shape index (κ1) is 14.2. The number of rotatable bonds is 2. The highest BCUT2D eigenvalue weighted by Gasteiger charge is 2.20. The number of hydrogen-bond acceptors (Lipinski definition) is 3. The second-order valence-electron chi connectivity index (χ2n) is 5.94. The molecule has 0 unspecified atom stereocenters. The van der Waals surface area contributed by atoms with E-state index in [0.717, 1.165) is 38.0 Å². The Morgan fingerprint density at radius 3 is 2.52 bits per heavy atom. The van der Waals surface area contributed by atoms with Crippen molar-refractivity contribution in [2.24, 2.45) is 10.7 Å². The molecule has 114 valence electrons. The molecule has 0 radical (unpaired) electrons. The van der Waals surface area contributed by atoms with Gasteiger partial charge in [0.05, 0.1) is 6.04 Å². The summed E-state index contributed by atoms with van der Waals surface area (Å²) in [5.41, 5.74) is 6.21. The Morgan fingerprint density at radius 1 is 1.10 bits per heavy atom. The molecule has 2 fully saturated rings. The average Bonchev–Trinajstić information content (AvgIpc) is 2.57. The van der Waals surface area contributed by atoms with E-state index in [1.807, 2.05) is 18.3 Å². The smallest absolute Gasteiger partial charge is 0.191 e. The summed E-state index contributed by atoms with van der Waals surface area (Å²) in [5.74, 6) is 1.79. The molecule has 2 N–H and O–H groups in total. The maximum atomic E-state index is 6.21. The molecule has 1 aliphatic heterocycles. The Morgan fingerprint density at radius 2 is 1.86 bits per heavy atom. The van der Waals surface area contributed by atoms with E-state index < -0.39 is 0 Å². The molecule has 0 aromatic carbocycles. The fraction of sp³-hybridized carbons (Fsp3) is 0.625. The van der Waals surface area contributed by atoms with Gasteiger partial charge in [0, 0.05) is 32.4 Å². The minimum atomic E-state index is 0.451. The molecule has 21 heavy (non-hydrogen) atoms. The van der Waals surface area contributed by atoms with Gasteiger partial charge in [0.1, 0.15) is 5.82 Å². The summed E-state index contributed by atoms with van der Waals surface area (Å²) in [6.45, 7) is 3.77. The molecular formula is C16H25N5. The van der Waals surface area contributed by atoms with Gasteiger partial charge in [-0.1, -0.05) is 25.3 Å². The van der Waals surface area contributed by atoms with Gasteiger partial charge < -0.3 is 15.5 Å². The zero-order valence-electron chi connectivity index (χ0n) is 12.6. The molecule has 3 rings (SSSR count). The maximum absolute atomic E-state index is 6.21. The van der Waals surface area contributed by atoms with Crippen molar-refractivity contribution in [1.82, 2.24) is 9.88 Å². The van der Waals surface area contributed by atoms with Gasteiger partial charge in [-0.15, -0.1) is 0 Å². The number of nitrogens with two attached hydrogens (primary N) is 1. The molecule has 1 saturated carbocycles. The van der Waals surface area contributed by atoms with Crippen molar-refractivity contribution < 1.29 is 0 Å². The van der Waals surface area contributed by atoms with Crippen molar-refractivity contribution in [2.45, 2.75) is 38.1 Å². The summed E-state index contributed by atoms with van der Waals surface area (Å²) in [7, 11) is 0. The van der Waals surface area contributed by atoms with Crippen LogP contribution in [0.25, 0.3) is 0 Å². The van der Waals surface area contributed by atoms with Crippen LogP contribution in [0.5, 0.6) is 0 Å². The standard InChI is InChI=1S/C16H25N5/c17-16(19-14-6-2-1-3-7-14)21-12-10-20(11-13-21)15-8-4-5-9-18-15/h4-5,8-9,14H,1-3,6-7,10-13H2,(H2,17,19). The van der Waals surface area contributed by atoms with Crippen LogP contribution in [0.1, 0.15) is 32.1 Å². The van der Waals surface area contributed by atoms with Gasteiger partial charge in [-0.05, 0) is 25.0 Å². The molecule has 0 spiro atoms. The Balaban J connectivity index is 1.54. The first-order valence-electron chi connectivity index (χ1n) is 8.07. The second-order valence-corrected chi connectivity index (χ2v) is 5.94. The lowest BCUT2D eigenvalue weighted by molar-refractivity contribution is 0.371. The summed E-state index contributed by atoms with van der Waals surface area (Å²) in [6, 6.07) is 6.50. The first-order chi connectivity index (χ1) is 10.3. The van der Waals surface area contributed by atoms with E-state index in [1.54, 1.807) is 0 Å². The molecule has 0 bridgehead atoms. The predicted octanol–water partition coefficient (Wildman–Crippen LogP) is 1.85. The fourth-order valence-corrected chi connectivity index (χ4v) is 3.18. The van der Waals surface area contributed by atoms with Gasteiger partial charge in [-0.3, -0.25) is 0 Å². The third-order valence-electron chi connectivity index (χ3n) is 4.47. The van der Waals surface area contributed by atoms with E-state index in [-0.39, 0.29) is 0 Å². The summed E-state index contributed by atoms with van der Waals surface area (Å²) >= 11 is 0. The Kier molecular flexibility index (Phi) is 4.58. The van der Waals surface area contributed by atoms with Gasteiger partial charge in [-0.2, -0.15) is 0 Å². The van der Waals surface area contributed by atoms with E-state index >= 15 is 0 Å². The zero-order valence-corrected chi connectivity index (χ0v) is 12.6. The minimum Gasteiger partial charge on any atom is -0.370 e. The van der Waals surface area contributed by atoms with Crippen LogP contribution in [-0.4, -0.2) is 48.1 Å².